The van der Waals surface area contributed by atoms with E-state index in [0.29, 0.717) is 5.92 Å². The summed E-state index contributed by atoms with van der Waals surface area (Å²) in [6.45, 7) is 1.79. The van der Waals surface area contributed by atoms with Crippen molar-refractivity contribution in [2.24, 2.45) is 0 Å². The van der Waals surface area contributed by atoms with Gasteiger partial charge in [-0.2, -0.15) is 0 Å². The van der Waals surface area contributed by atoms with Gasteiger partial charge in [-0.15, -0.1) is 0 Å². The van der Waals surface area contributed by atoms with Gasteiger partial charge in [-0.1, -0.05) is 79.1 Å². The van der Waals surface area contributed by atoms with E-state index < -0.39 is 0 Å². The van der Waals surface area contributed by atoms with Crippen LogP contribution in [0.15, 0.2) is 48.5 Å². The molecule has 0 bridgehead atoms. The lowest BCUT2D eigenvalue weighted by Crippen LogP contribution is -2.21. The first-order valence-corrected chi connectivity index (χ1v) is 10.1. The highest BCUT2D eigenvalue weighted by Gasteiger charge is 2.17. The van der Waals surface area contributed by atoms with Gasteiger partial charge in [0.2, 0.25) is 0 Å². The summed E-state index contributed by atoms with van der Waals surface area (Å²) in [6.07, 6.45) is 7.64. The maximum atomic E-state index is 6.54. The molecular weight excluding hydrogens is 338 g/mol. The lowest BCUT2D eigenvalue weighted by Gasteiger charge is -2.22. The van der Waals surface area contributed by atoms with Crippen molar-refractivity contribution in [3.8, 4) is 11.8 Å². The Bertz CT molecular complexity index is 751. The Kier molecular flexibility index (Phi) is 7.18. The number of rotatable bonds is 5. The molecule has 0 heterocycles. The highest BCUT2D eigenvalue weighted by Crippen LogP contribution is 2.36. The van der Waals surface area contributed by atoms with E-state index in [-0.39, 0.29) is 0 Å². The molecule has 26 heavy (non-hydrogen) atoms. The second-order valence-electron chi connectivity index (χ2n) is 7.35. The van der Waals surface area contributed by atoms with Crippen LogP contribution in [-0.4, -0.2) is 25.0 Å². The Morgan fingerprint density at radius 1 is 1.04 bits per heavy atom. The molecule has 1 saturated carbocycles. The fourth-order valence-corrected chi connectivity index (χ4v) is 4.00. The van der Waals surface area contributed by atoms with E-state index in [0.717, 1.165) is 30.1 Å². The Labute approximate surface area is 163 Å². The Morgan fingerprint density at radius 2 is 1.81 bits per heavy atom. The average molecular weight is 366 g/mol. The first kappa shape index (κ1) is 19.0. The monoisotopic (exact) mass is 365 g/mol. The second-order valence-corrected chi connectivity index (χ2v) is 7.75. The normalized spacial score (nSPS) is 14.9. The third-order valence-electron chi connectivity index (χ3n) is 5.25. The van der Waals surface area contributed by atoms with E-state index in [1.54, 1.807) is 0 Å². The molecule has 0 amide bonds. The van der Waals surface area contributed by atoms with Crippen LogP contribution in [0.25, 0.3) is 0 Å². The van der Waals surface area contributed by atoms with Crippen molar-refractivity contribution in [1.82, 2.24) is 4.90 Å². The van der Waals surface area contributed by atoms with Gasteiger partial charge < -0.3 is 0 Å². The number of hydrogen-bond donors (Lipinski definition) is 0. The average Bonchev–Trinajstić information content (AvgIpc) is 2.68. The van der Waals surface area contributed by atoms with Gasteiger partial charge in [-0.3, -0.25) is 4.90 Å². The van der Waals surface area contributed by atoms with Crippen LogP contribution in [0.2, 0.25) is 5.02 Å². The number of nitrogens with zero attached hydrogens (tertiary/aromatic N) is 1. The first-order valence-electron chi connectivity index (χ1n) is 9.73. The molecule has 0 N–H and O–H groups in total. The predicted molar refractivity (Wildman–Crippen MR) is 112 cm³/mol. The van der Waals surface area contributed by atoms with E-state index in [4.69, 9.17) is 11.6 Å². The molecule has 0 spiro atoms. The summed E-state index contributed by atoms with van der Waals surface area (Å²) in [5.41, 5.74) is 3.71. The van der Waals surface area contributed by atoms with Crippen molar-refractivity contribution >= 4 is 11.6 Å². The summed E-state index contributed by atoms with van der Waals surface area (Å²) >= 11 is 6.54. The first-order chi connectivity index (χ1) is 12.7. The second kappa shape index (κ2) is 9.81. The highest BCUT2D eigenvalue weighted by molar-refractivity contribution is 6.31. The molecule has 0 unspecified atom stereocenters. The molecule has 2 heteroatoms. The molecule has 0 atom stereocenters. The number of halogens is 1. The van der Waals surface area contributed by atoms with E-state index in [2.05, 4.69) is 66.3 Å². The van der Waals surface area contributed by atoms with Crippen LogP contribution in [0.3, 0.4) is 0 Å². The Hall–Kier alpha value is -1.75. The predicted octanol–water partition coefficient (Wildman–Crippen LogP) is 5.91. The largest absolute Gasteiger partial charge is 0.295 e. The number of hydrogen-bond acceptors (Lipinski definition) is 1. The van der Waals surface area contributed by atoms with Gasteiger partial charge in [0, 0.05) is 17.1 Å². The van der Waals surface area contributed by atoms with Gasteiger partial charge in [0.15, 0.2) is 0 Å². The van der Waals surface area contributed by atoms with Gasteiger partial charge in [0.1, 0.15) is 0 Å². The summed E-state index contributed by atoms with van der Waals surface area (Å²) in [5, 5.41) is 0.890. The molecule has 3 rings (SSSR count). The van der Waals surface area contributed by atoms with E-state index in [1.807, 2.05) is 6.07 Å². The summed E-state index contributed by atoms with van der Waals surface area (Å²) in [4.78, 5) is 2.26. The van der Waals surface area contributed by atoms with Crippen molar-refractivity contribution in [3.63, 3.8) is 0 Å². The van der Waals surface area contributed by atoms with Gasteiger partial charge in [-0.05, 0) is 55.5 Å². The molecule has 0 radical (unpaired) electrons. The topological polar surface area (TPSA) is 3.24 Å². The molecule has 0 aliphatic heterocycles. The van der Waals surface area contributed by atoms with Gasteiger partial charge in [-0.25, -0.2) is 0 Å². The molecule has 1 aliphatic rings. The highest BCUT2D eigenvalue weighted by atomic mass is 35.5. The lowest BCUT2D eigenvalue weighted by atomic mass is 9.84. The zero-order valence-electron chi connectivity index (χ0n) is 15.7. The quantitative estimate of drug-likeness (QED) is 0.595. The molecule has 136 valence electrons. The van der Waals surface area contributed by atoms with Crippen molar-refractivity contribution in [1.29, 1.82) is 0 Å². The third kappa shape index (κ3) is 5.63. The van der Waals surface area contributed by atoms with Crippen LogP contribution in [-0.2, 0) is 6.42 Å². The minimum atomic E-state index is 0.641. The van der Waals surface area contributed by atoms with Crippen molar-refractivity contribution in [2.45, 2.75) is 44.4 Å². The SMILES string of the molecule is CN(CC#Cc1ccc(C2CCCCC2)c(Cl)c1)CCc1ccccc1. The van der Waals surface area contributed by atoms with Crippen LogP contribution in [0.5, 0.6) is 0 Å². The molecule has 1 fully saturated rings. The van der Waals surface area contributed by atoms with Crippen LogP contribution >= 0.6 is 11.6 Å². The third-order valence-corrected chi connectivity index (χ3v) is 5.58. The van der Waals surface area contributed by atoms with Crippen LogP contribution < -0.4 is 0 Å². The summed E-state index contributed by atoms with van der Waals surface area (Å²) in [7, 11) is 2.12. The minimum absolute atomic E-state index is 0.641. The zero-order valence-corrected chi connectivity index (χ0v) is 16.4. The standard InChI is InChI=1S/C24H28ClN/c1-26(18-16-20-9-4-2-5-10-20)17-8-11-21-14-15-23(24(25)19-21)22-12-6-3-7-13-22/h2,4-5,9-10,14-15,19,22H,3,6-7,12-13,16-18H2,1H3. The van der Waals surface area contributed by atoms with Crippen molar-refractivity contribution in [2.75, 3.05) is 20.1 Å². The maximum Gasteiger partial charge on any atom is 0.0602 e. The lowest BCUT2D eigenvalue weighted by molar-refractivity contribution is 0.381. The number of benzene rings is 2. The molecule has 2 aromatic rings. The Morgan fingerprint density at radius 3 is 2.54 bits per heavy atom. The molecule has 2 aromatic carbocycles. The molecular formula is C24H28ClN. The van der Waals surface area contributed by atoms with Crippen LogP contribution in [0.1, 0.15) is 54.7 Å². The summed E-state index contributed by atoms with van der Waals surface area (Å²) in [5.74, 6) is 7.19. The van der Waals surface area contributed by atoms with Crippen molar-refractivity contribution in [3.05, 3.63) is 70.2 Å². The summed E-state index contributed by atoms with van der Waals surface area (Å²) in [6, 6.07) is 17.0. The molecule has 0 aromatic heterocycles. The fourth-order valence-electron chi connectivity index (χ4n) is 3.67. The van der Waals surface area contributed by atoms with Crippen LogP contribution in [0.4, 0.5) is 0 Å². The smallest absolute Gasteiger partial charge is 0.0602 e. The molecule has 1 aliphatic carbocycles. The van der Waals surface area contributed by atoms with E-state index in [1.165, 1.54) is 43.2 Å². The van der Waals surface area contributed by atoms with Crippen LogP contribution in [0, 0.1) is 11.8 Å². The minimum Gasteiger partial charge on any atom is -0.295 e. The van der Waals surface area contributed by atoms with Crippen molar-refractivity contribution < 1.29 is 0 Å². The maximum absolute atomic E-state index is 6.54. The Balaban J connectivity index is 1.51. The molecule has 0 saturated heterocycles. The zero-order chi connectivity index (χ0) is 18.2. The van der Waals surface area contributed by atoms with Gasteiger partial charge in [0.05, 0.1) is 6.54 Å². The van der Waals surface area contributed by atoms with E-state index in [9.17, 15) is 0 Å². The number of likely N-dealkylation sites (N-methyl/N-ethyl adjacent to an activating group) is 1. The van der Waals surface area contributed by atoms with Gasteiger partial charge in [0.25, 0.3) is 0 Å². The fraction of sp³-hybridized carbons (Fsp3) is 0.417. The summed E-state index contributed by atoms with van der Waals surface area (Å²) < 4.78 is 0. The molecule has 1 nitrogen and oxygen atoms in total. The van der Waals surface area contributed by atoms with Gasteiger partial charge >= 0.3 is 0 Å². The van der Waals surface area contributed by atoms with E-state index >= 15 is 0 Å².